The standard InChI is InChI=1S/C28H37N5O2/c1-7-19(2)14-22-16-26(23-17-29-32(5)18-23)33(24-10-12-35-13-11-24)28(22)31-21(4)30-25-9-8-20(3)15-27(25)34-6/h8-9,14-18,24H,7,10-13H2,1-6H3,(H,30,31). The molecule has 1 N–H and O–H groups in total. The van der Waals surface area contributed by atoms with Crippen LogP contribution in [-0.2, 0) is 11.8 Å². The Labute approximate surface area is 208 Å². The first-order chi connectivity index (χ1) is 16.9. The van der Waals surface area contributed by atoms with Gasteiger partial charge in [0.25, 0.3) is 0 Å². The van der Waals surface area contributed by atoms with Crippen LogP contribution in [0.4, 0.5) is 11.5 Å². The lowest BCUT2D eigenvalue weighted by atomic mass is 10.1. The second-order valence-electron chi connectivity index (χ2n) is 9.29. The van der Waals surface area contributed by atoms with E-state index in [1.165, 1.54) is 5.57 Å². The zero-order valence-corrected chi connectivity index (χ0v) is 21.8. The van der Waals surface area contributed by atoms with Crippen LogP contribution in [0.1, 0.15) is 57.2 Å². The number of rotatable bonds is 7. The topological polar surface area (TPSA) is 65.6 Å². The monoisotopic (exact) mass is 475 g/mol. The van der Waals surface area contributed by atoms with E-state index in [0.29, 0.717) is 6.04 Å². The van der Waals surface area contributed by atoms with Gasteiger partial charge >= 0.3 is 0 Å². The third-order valence-corrected chi connectivity index (χ3v) is 6.50. The predicted octanol–water partition coefficient (Wildman–Crippen LogP) is 6.53. The van der Waals surface area contributed by atoms with Crippen LogP contribution in [0, 0.1) is 6.92 Å². The number of nitrogens with one attached hydrogen (secondary N) is 1. The molecule has 0 spiro atoms. The Balaban J connectivity index is 1.85. The number of hydrogen-bond donors (Lipinski definition) is 1. The highest BCUT2D eigenvalue weighted by atomic mass is 16.5. The van der Waals surface area contributed by atoms with Crippen molar-refractivity contribution in [2.75, 3.05) is 25.6 Å². The van der Waals surface area contributed by atoms with Crippen molar-refractivity contribution in [3.63, 3.8) is 0 Å². The van der Waals surface area contributed by atoms with Gasteiger partial charge in [-0.25, -0.2) is 4.99 Å². The van der Waals surface area contributed by atoms with Crippen LogP contribution in [-0.4, -0.2) is 40.5 Å². The summed E-state index contributed by atoms with van der Waals surface area (Å²) < 4.78 is 15.5. The smallest absolute Gasteiger partial charge is 0.142 e. The molecule has 1 aliphatic heterocycles. The van der Waals surface area contributed by atoms with Gasteiger partial charge in [-0.05, 0) is 63.8 Å². The normalized spacial score (nSPS) is 15.5. The van der Waals surface area contributed by atoms with Crippen LogP contribution in [0.5, 0.6) is 5.75 Å². The number of anilines is 1. The highest BCUT2D eigenvalue weighted by Gasteiger charge is 2.25. The Morgan fingerprint density at radius 2 is 2.03 bits per heavy atom. The number of amidine groups is 1. The number of hydrogen-bond acceptors (Lipinski definition) is 4. The molecule has 0 aliphatic carbocycles. The fourth-order valence-corrected chi connectivity index (χ4v) is 4.50. The molecular weight excluding hydrogens is 438 g/mol. The highest BCUT2D eigenvalue weighted by molar-refractivity contribution is 5.97. The van der Waals surface area contributed by atoms with Crippen LogP contribution in [0.2, 0.25) is 0 Å². The minimum absolute atomic E-state index is 0.309. The molecule has 0 radical (unpaired) electrons. The molecular formula is C28H37N5O2. The number of nitrogens with zero attached hydrogens (tertiary/aromatic N) is 4. The molecule has 4 rings (SSSR count). The third kappa shape index (κ3) is 5.68. The van der Waals surface area contributed by atoms with Crippen LogP contribution >= 0.6 is 0 Å². The average Bonchev–Trinajstić information content (AvgIpc) is 3.44. The molecule has 3 heterocycles. The SMILES string of the molecule is CCC(C)=Cc1cc(-c2cnn(C)c2)n(C2CCOCC2)c1/N=C(\C)Nc1ccc(C)cc1OC. The minimum atomic E-state index is 0.309. The highest BCUT2D eigenvalue weighted by Crippen LogP contribution is 2.39. The van der Waals surface area contributed by atoms with Gasteiger partial charge in [0, 0.05) is 43.6 Å². The van der Waals surface area contributed by atoms with Gasteiger partial charge in [-0.2, -0.15) is 5.10 Å². The van der Waals surface area contributed by atoms with Crippen molar-refractivity contribution >= 4 is 23.4 Å². The molecule has 0 bridgehead atoms. The molecule has 35 heavy (non-hydrogen) atoms. The van der Waals surface area contributed by atoms with E-state index in [0.717, 1.165) is 78.0 Å². The number of benzene rings is 1. The van der Waals surface area contributed by atoms with Crippen molar-refractivity contribution < 1.29 is 9.47 Å². The van der Waals surface area contributed by atoms with E-state index in [9.17, 15) is 0 Å². The Kier molecular flexibility index (Phi) is 7.76. The van der Waals surface area contributed by atoms with E-state index < -0.39 is 0 Å². The molecule has 2 aromatic heterocycles. The molecule has 0 amide bonds. The zero-order valence-electron chi connectivity index (χ0n) is 21.8. The maximum Gasteiger partial charge on any atom is 0.142 e. The van der Waals surface area contributed by atoms with E-state index in [1.807, 2.05) is 37.0 Å². The molecule has 1 aromatic carbocycles. The van der Waals surface area contributed by atoms with Gasteiger partial charge in [0.15, 0.2) is 0 Å². The second kappa shape index (κ2) is 11.0. The minimum Gasteiger partial charge on any atom is -0.495 e. The van der Waals surface area contributed by atoms with Crippen LogP contribution in [0.15, 0.2) is 47.2 Å². The molecule has 1 aliphatic rings. The first kappa shape index (κ1) is 24.8. The van der Waals surface area contributed by atoms with Crippen molar-refractivity contribution in [3.8, 4) is 17.0 Å². The summed E-state index contributed by atoms with van der Waals surface area (Å²) in [5.74, 6) is 2.57. The molecule has 7 nitrogen and oxygen atoms in total. The van der Waals surface area contributed by atoms with Crippen LogP contribution in [0.3, 0.4) is 0 Å². The van der Waals surface area contributed by atoms with Gasteiger partial charge in [-0.3, -0.25) is 4.68 Å². The lowest BCUT2D eigenvalue weighted by Gasteiger charge is -2.27. The van der Waals surface area contributed by atoms with Crippen molar-refractivity contribution in [1.82, 2.24) is 14.3 Å². The summed E-state index contributed by atoms with van der Waals surface area (Å²) in [6, 6.07) is 8.70. The molecule has 1 saturated heterocycles. The van der Waals surface area contributed by atoms with E-state index in [-0.39, 0.29) is 0 Å². The summed E-state index contributed by atoms with van der Waals surface area (Å²) in [7, 11) is 3.65. The Morgan fingerprint density at radius 1 is 1.26 bits per heavy atom. The van der Waals surface area contributed by atoms with E-state index in [1.54, 1.807) is 7.11 Å². The van der Waals surface area contributed by atoms with Crippen molar-refractivity contribution in [2.45, 2.75) is 53.0 Å². The van der Waals surface area contributed by atoms with E-state index in [2.05, 4.69) is 60.2 Å². The van der Waals surface area contributed by atoms with Crippen LogP contribution in [0.25, 0.3) is 17.3 Å². The lowest BCUT2D eigenvalue weighted by Crippen LogP contribution is -2.20. The fourth-order valence-electron chi connectivity index (χ4n) is 4.50. The molecule has 0 saturated carbocycles. The number of aryl methyl sites for hydroxylation is 2. The van der Waals surface area contributed by atoms with Gasteiger partial charge in [0.1, 0.15) is 17.4 Å². The summed E-state index contributed by atoms with van der Waals surface area (Å²) in [5, 5.41) is 7.90. The molecule has 0 atom stereocenters. The quantitative estimate of drug-likeness (QED) is 0.312. The number of methoxy groups -OCH3 is 1. The van der Waals surface area contributed by atoms with Gasteiger partial charge < -0.3 is 19.4 Å². The second-order valence-corrected chi connectivity index (χ2v) is 9.29. The molecule has 0 unspecified atom stereocenters. The van der Waals surface area contributed by atoms with Crippen molar-refractivity contribution in [1.29, 1.82) is 0 Å². The maximum atomic E-state index is 5.69. The number of aromatic nitrogens is 3. The van der Waals surface area contributed by atoms with Gasteiger partial charge in [0.2, 0.25) is 0 Å². The summed E-state index contributed by atoms with van der Waals surface area (Å²) in [6.45, 7) is 9.94. The van der Waals surface area contributed by atoms with Gasteiger partial charge in [0.05, 0.1) is 24.7 Å². The summed E-state index contributed by atoms with van der Waals surface area (Å²) in [6.07, 6.45) is 9.17. The molecule has 186 valence electrons. The number of ether oxygens (including phenoxy) is 2. The number of aliphatic imine (C=N–C) groups is 1. The molecule has 3 aromatic rings. The van der Waals surface area contributed by atoms with Crippen molar-refractivity contribution in [2.24, 2.45) is 12.0 Å². The van der Waals surface area contributed by atoms with E-state index >= 15 is 0 Å². The van der Waals surface area contributed by atoms with E-state index in [4.69, 9.17) is 14.5 Å². The average molecular weight is 476 g/mol. The number of allylic oxidation sites excluding steroid dienone is 1. The summed E-state index contributed by atoms with van der Waals surface area (Å²) >= 11 is 0. The third-order valence-electron chi connectivity index (χ3n) is 6.50. The van der Waals surface area contributed by atoms with Gasteiger partial charge in [-0.15, -0.1) is 0 Å². The Morgan fingerprint density at radius 3 is 2.69 bits per heavy atom. The summed E-state index contributed by atoms with van der Waals surface area (Å²) in [5.41, 5.74) is 6.72. The first-order valence-corrected chi connectivity index (χ1v) is 12.4. The first-order valence-electron chi connectivity index (χ1n) is 12.4. The predicted molar refractivity (Wildman–Crippen MR) is 144 cm³/mol. The van der Waals surface area contributed by atoms with Gasteiger partial charge in [-0.1, -0.05) is 24.6 Å². The lowest BCUT2D eigenvalue weighted by molar-refractivity contribution is 0.0705. The molecule has 1 fully saturated rings. The van der Waals surface area contributed by atoms with Crippen molar-refractivity contribution in [3.05, 3.63) is 53.4 Å². The van der Waals surface area contributed by atoms with Crippen LogP contribution < -0.4 is 10.1 Å². The molecule has 7 heteroatoms. The summed E-state index contributed by atoms with van der Waals surface area (Å²) in [4.78, 5) is 5.17. The Bertz CT molecular complexity index is 1230. The Hall–Kier alpha value is -3.32. The fraction of sp³-hybridized carbons (Fsp3) is 0.429. The largest absolute Gasteiger partial charge is 0.495 e. The zero-order chi connectivity index (χ0) is 24.9. The maximum absolute atomic E-state index is 5.69.